The highest BCUT2D eigenvalue weighted by Gasteiger charge is 2.11. The molecule has 2 aromatic rings. The molecule has 4 nitrogen and oxygen atoms in total. The van der Waals surface area contributed by atoms with Crippen molar-refractivity contribution in [2.45, 2.75) is 27.2 Å². The molecule has 0 aliphatic rings. The van der Waals surface area contributed by atoms with Crippen molar-refractivity contribution in [3.05, 3.63) is 59.7 Å². The number of rotatable bonds is 5. The molecule has 0 aliphatic heterocycles. The number of hydrogen-bond acceptors (Lipinski definition) is 3. The van der Waals surface area contributed by atoms with Gasteiger partial charge in [0.05, 0.1) is 6.42 Å². The molecule has 4 heteroatoms. The van der Waals surface area contributed by atoms with Gasteiger partial charge in [0, 0.05) is 11.6 Å². The molecule has 0 radical (unpaired) electrons. The summed E-state index contributed by atoms with van der Waals surface area (Å²) < 4.78 is 5.35. The lowest BCUT2D eigenvalue weighted by molar-refractivity contribution is -0.133. The van der Waals surface area contributed by atoms with E-state index in [2.05, 4.69) is 5.32 Å². The van der Waals surface area contributed by atoms with Crippen molar-refractivity contribution in [2.75, 3.05) is 5.32 Å². The summed E-state index contributed by atoms with van der Waals surface area (Å²) >= 11 is 0. The van der Waals surface area contributed by atoms with Gasteiger partial charge in [0.15, 0.2) is 0 Å². The first-order valence-electron chi connectivity index (χ1n) is 7.62. The Kier molecular flexibility index (Phi) is 5.52. The predicted octanol–water partition coefficient (Wildman–Crippen LogP) is 3.74. The van der Waals surface area contributed by atoms with Crippen LogP contribution in [0.5, 0.6) is 5.75 Å². The van der Waals surface area contributed by atoms with Crippen LogP contribution < -0.4 is 10.1 Å². The van der Waals surface area contributed by atoms with Gasteiger partial charge in [-0.15, -0.1) is 0 Å². The molecule has 1 amide bonds. The van der Waals surface area contributed by atoms with Gasteiger partial charge in [-0.1, -0.05) is 44.2 Å². The normalized spacial score (nSPS) is 10.4. The molecule has 0 heterocycles. The van der Waals surface area contributed by atoms with Crippen molar-refractivity contribution in [1.82, 2.24) is 0 Å². The summed E-state index contributed by atoms with van der Waals surface area (Å²) in [6, 6.07) is 14.6. The van der Waals surface area contributed by atoms with E-state index in [1.165, 1.54) is 0 Å². The minimum Gasteiger partial charge on any atom is -0.426 e. The Morgan fingerprint density at radius 2 is 1.78 bits per heavy atom. The third kappa shape index (κ3) is 4.95. The summed E-state index contributed by atoms with van der Waals surface area (Å²) in [5.41, 5.74) is 2.49. The summed E-state index contributed by atoms with van der Waals surface area (Å²) in [6.45, 7) is 5.54. The first-order valence-corrected chi connectivity index (χ1v) is 7.62. The lowest BCUT2D eigenvalue weighted by atomic mass is 10.1. The minimum absolute atomic E-state index is 0.0399. The van der Waals surface area contributed by atoms with Gasteiger partial charge in [-0.3, -0.25) is 9.59 Å². The summed E-state index contributed by atoms with van der Waals surface area (Å²) in [7, 11) is 0. The van der Waals surface area contributed by atoms with Crippen LogP contribution in [0.25, 0.3) is 0 Å². The molecule has 0 atom stereocenters. The van der Waals surface area contributed by atoms with E-state index in [9.17, 15) is 9.59 Å². The first-order chi connectivity index (χ1) is 11.0. The average Bonchev–Trinajstić information content (AvgIpc) is 2.50. The Balaban J connectivity index is 2.00. The van der Waals surface area contributed by atoms with Gasteiger partial charge in [-0.05, 0) is 36.2 Å². The van der Waals surface area contributed by atoms with E-state index >= 15 is 0 Å². The van der Waals surface area contributed by atoms with Gasteiger partial charge in [-0.2, -0.15) is 0 Å². The Morgan fingerprint density at radius 1 is 1.09 bits per heavy atom. The van der Waals surface area contributed by atoms with Crippen LogP contribution in [0.3, 0.4) is 0 Å². The highest BCUT2D eigenvalue weighted by Crippen LogP contribution is 2.22. The van der Waals surface area contributed by atoms with Crippen LogP contribution in [-0.4, -0.2) is 11.9 Å². The number of hydrogen-bond donors (Lipinski definition) is 1. The second-order valence-corrected chi connectivity index (χ2v) is 5.76. The fourth-order valence-corrected chi connectivity index (χ4v) is 2.05. The highest BCUT2D eigenvalue weighted by atomic mass is 16.5. The van der Waals surface area contributed by atoms with Crippen LogP contribution in [0.4, 0.5) is 5.69 Å². The van der Waals surface area contributed by atoms with E-state index < -0.39 is 0 Å². The number of anilines is 1. The molecule has 0 aromatic heterocycles. The van der Waals surface area contributed by atoms with Gasteiger partial charge >= 0.3 is 5.97 Å². The fraction of sp³-hybridized carbons (Fsp3) is 0.263. The van der Waals surface area contributed by atoms with Crippen molar-refractivity contribution < 1.29 is 14.3 Å². The second-order valence-electron chi connectivity index (χ2n) is 5.76. The monoisotopic (exact) mass is 311 g/mol. The Bertz CT molecular complexity index is 693. The number of esters is 1. The van der Waals surface area contributed by atoms with Crippen LogP contribution in [0, 0.1) is 12.8 Å². The molecule has 0 fully saturated rings. The number of amides is 1. The lowest BCUT2D eigenvalue weighted by Gasteiger charge is -2.12. The third-order valence-corrected chi connectivity index (χ3v) is 3.40. The zero-order valence-corrected chi connectivity index (χ0v) is 13.6. The number of benzene rings is 2. The van der Waals surface area contributed by atoms with Crippen LogP contribution >= 0.6 is 0 Å². The zero-order chi connectivity index (χ0) is 16.8. The quantitative estimate of drug-likeness (QED) is 0.676. The molecule has 23 heavy (non-hydrogen) atoms. The van der Waals surface area contributed by atoms with Crippen molar-refractivity contribution in [2.24, 2.45) is 5.92 Å². The Morgan fingerprint density at radius 3 is 2.39 bits per heavy atom. The molecular formula is C19H21NO3. The summed E-state index contributed by atoms with van der Waals surface area (Å²) in [5.74, 6) is 0.0419. The second kappa shape index (κ2) is 7.58. The van der Waals surface area contributed by atoms with E-state index in [1.807, 2.05) is 51.1 Å². The topological polar surface area (TPSA) is 55.4 Å². The van der Waals surface area contributed by atoms with E-state index in [0.717, 1.165) is 16.8 Å². The van der Waals surface area contributed by atoms with Gasteiger partial charge in [0.25, 0.3) is 0 Å². The molecule has 120 valence electrons. The number of ether oxygens (including phenoxy) is 1. The summed E-state index contributed by atoms with van der Waals surface area (Å²) in [6.07, 6.45) is 0.228. The molecule has 0 aliphatic carbocycles. The van der Waals surface area contributed by atoms with Crippen molar-refractivity contribution in [3.8, 4) is 5.75 Å². The van der Waals surface area contributed by atoms with E-state index in [-0.39, 0.29) is 24.2 Å². The SMILES string of the molecule is Cc1cc(OC(=O)Cc2ccccc2)ccc1NC(=O)C(C)C. The molecule has 2 rings (SSSR count). The van der Waals surface area contributed by atoms with E-state index in [1.54, 1.807) is 18.2 Å². The predicted molar refractivity (Wildman–Crippen MR) is 90.4 cm³/mol. The smallest absolute Gasteiger partial charge is 0.315 e. The third-order valence-electron chi connectivity index (χ3n) is 3.40. The maximum absolute atomic E-state index is 12.0. The maximum atomic E-state index is 12.0. The molecule has 1 N–H and O–H groups in total. The Hall–Kier alpha value is -2.62. The molecule has 0 saturated heterocycles. The molecule has 0 unspecified atom stereocenters. The molecule has 0 bridgehead atoms. The number of aryl methyl sites for hydroxylation is 1. The van der Waals surface area contributed by atoms with Crippen molar-refractivity contribution in [1.29, 1.82) is 0 Å². The molecule has 2 aromatic carbocycles. The summed E-state index contributed by atoms with van der Waals surface area (Å²) in [5, 5.41) is 2.85. The van der Waals surface area contributed by atoms with Gasteiger partial charge in [0.2, 0.25) is 5.91 Å². The standard InChI is InChI=1S/C19H21NO3/c1-13(2)19(22)20-17-10-9-16(11-14(17)3)23-18(21)12-15-7-5-4-6-8-15/h4-11,13H,12H2,1-3H3,(H,20,22). The fourth-order valence-electron chi connectivity index (χ4n) is 2.05. The Labute approximate surface area is 136 Å². The van der Waals surface area contributed by atoms with Crippen LogP contribution in [0.1, 0.15) is 25.0 Å². The van der Waals surface area contributed by atoms with Gasteiger partial charge in [0.1, 0.15) is 5.75 Å². The zero-order valence-electron chi connectivity index (χ0n) is 13.6. The minimum atomic E-state index is -0.311. The van der Waals surface area contributed by atoms with Crippen molar-refractivity contribution in [3.63, 3.8) is 0 Å². The van der Waals surface area contributed by atoms with Crippen LogP contribution in [-0.2, 0) is 16.0 Å². The highest BCUT2D eigenvalue weighted by molar-refractivity contribution is 5.92. The first kappa shape index (κ1) is 16.7. The maximum Gasteiger partial charge on any atom is 0.315 e. The average molecular weight is 311 g/mol. The van der Waals surface area contributed by atoms with Gasteiger partial charge < -0.3 is 10.1 Å². The molecule has 0 spiro atoms. The van der Waals surface area contributed by atoms with Gasteiger partial charge in [-0.25, -0.2) is 0 Å². The van der Waals surface area contributed by atoms with E-state index in [4.69, 9.17) is 4.74 Å². The summed E-state index contributed by atoms with van der Waals surface area (Å²) in [4.78, 5) is 23.7. The van der Waals surface area contributed by atoms with Crippen LogP contribution in [0.2, 0.25) is 0 Å². The molecular weight excluding hydrogens is 290 g/mol. The van der Waals surface area contributed by atoms with Crippen LogP contribution in [0.15, 0.2) is 48.5 Å². The number of carbonyl (C=O) groups excluding carboxylic acids is 2. The lowest BCUT2D eigenvalue weighted by Crippen LogP contribution is -2.18. The van der Waals surface area contributed by atoms with Crippen molar-refractivity contribution >= 4 is 17.6 Å². The van der Waals surface area contributed by atoms with E-state index in [0.29, 0.717) is 5.75 Å². The largest absolute Gasteiger partial charge is 0.426 e. The number of carbonyl (C=O) groups is 2. The number of nitrogens with one attached hydrogen (secondary N) is 1. The molecule has 0 saturated carbocycles.